The molecule has 0 heterocycles. The maximum atomic E-state index is 5.78. The number of ether oxygens (including phenoxy) is 1. The monoisotopic (exact) mass is 314 g/mol. The van der Waals surface area contributed by atoms with E-state index in [1.54, 1.807) is 7.11 Å². The van der Waals surface area contributed by atoms with Gasteiger partial charge < -0.3 is 4.74 Å². The van der Waals surface area contributed by atoms with Gasteiger partial charge in [-0.1, -0.05) is 61.5 Å². The second-order valence-electron chi connectivity index (χ2n) is 6.33. The molecule has 0 aliphatic heterocycles. The van der Waals surface area contributed by atoms with Crippen molar-refractivity contribution in [3.63, 3.8) is 0 Å². The zero-order valence-corrected chi connectivity index (χ0v) is 14.3. The molecule has 0 atom stereocenters. The minimum atomic E-state index is 0.964. The van der Waals surface area contributed by atoms with Crippen LogP contribution in [0, 0.1) is 0 Å². The highest BCUT2D eigenvalue weighted by Gasteiger charge is 2.19. The van der Waals surface area contributed by atoms with Crippen molar-refractivity contribution < 1.29 is 4.74 Å². The van der Waals surface area contributed by atoms with E-state index in [0.717, 1.165) is 25.0 Å². The number of fused-ring (bicyclic) bond motifs is 2. The van der Waals surface area contributed by atoms with Gasteiger partial charge in [-0.05, 0) is 58.4 Å². The predicted molar refractivity (Wildman–Crippen MR) is 103 cm³/mol. The van der Waals surface area contributed by atoms with Gasteiger partial charge in [0, 0.05) is 5.56 Å². The molecule has 0 N–H and O–H groups in total. The number of benzene rings is 3. The molecule has 3 aromatic carbocycles. The maximum Gasteiger partial charge on any atom is 0.127 e. The van der Waals surface area contributed by atoms with Gasteiger partial charge in [0.2, 0.25) is 0 Å². The molecule has 4 rings (SSSR count). The SMILES string of the molecule is CCc1ccc2ccccc2c1-c1c(OC)ccc2c1C=CCC2. The van der Waals surface area contributed by atoms with Gasteiger partial charge in [0.25, 0.3) is 0 Å². The molecule has 0 unspecified atom stereocenters. The molecule has 0 bridgehead atoms. The lowest BCUT2D eigenvalue weighted by Gasteiger charge is -2.21. The van der Waals surface area contributed by atoms with Gasteiger partial charge in [-0.2, -0.15) is 0 Å². The molecule has 0 saturated heterocycles. The van der Waals surface area contributed by atoms with Gasteiger partial charge in [0.1, 0.15) is 5.75 Å². The molecule has 0 spiro atoms. The zero-order chi connectivity index (χ0) is 16.5. The molecule has 120 valence electrons. The summed E-state index contributed by atoms with van der Waals surface area (Å²) in [6.45, 7) is 2.23. The van der Waals surface area contributed by atoms with Crippen molar-refractivity contribution in [2.45, 2.75) is 26.2 Å². The van der Waals surface area contributed by atoms with Crippen LogP contribution in [0.3, 0.4) is 0 Å². The molecule has 24 heavy (non-hydrogen) atoms. The Labute approximate surface area is 143 Å². The number of allylic oxidation sites excluding steroid dienone is 1. The van der Waals surface area contributed by atoms with Crippen molar-refractivity contribution in [1.82, 2.24) is 0 Å². The van der Waals surface area contributed by atoms with Gasteiger partial charge in [-0.15, -0.1) is 0 Å². The predicted octanol–water partition coefficient (Wildman–Crippen LogP) is 6.04. The molecule has 0 radical (unpaired) electrons. The molecule has 0 aromatic heterocycles. The van der Waals surface area contributed by atoms with Gasteiger partial charge >= 0.3 is 0 Å². The van der Waals surface area contributed by atoms with E-state index in [9.17, 15) is 0 Å². The zero-order valence-electron chi connectivity index (χ0n) is 14.3. The van der Waals surface area contributed by atoms with E-state index in [2.05, 4.69) is 67.6 Å². The Bertz CT molecular complexity index is 934. The summed E-state index contributed by atoms with van der Waals surface area (Å²) in [6, 6.07) is 17.5. The molecule has 1 aliphatic rings. The van der Waals surface area contributed by atoms with Crippen LogP contribution in [-0.4, -0.2) is 7.11 Å². The third-order valence-electron chi connectivity index (χ3n) is 5.03. The Morgan fingerprint density at radius 3 is 2.67 bits per heavy atom. The van der Waals surface area contributed by atoms with E-state index in [4.69, 9.17) is 4.74 Å². The van der Waals surface area contributed by atoms with E-state index < -0.39 is 0 Å². The third-order valence-corrected chi connectivity index (χ3v) is 5.03. The number of hydrogen-bond donors (Lipinski definition) is 0. The Kier molecular flexibility index (Phi) is 3.86. The van der Waals surface area contributed by atoms with Crippen molar-refractivity contribution in [3.05, 3.63) is 71.3 Å². The Morgan fingerprint density at radius 2 is 1.83 bits per heavy atom. The van der Waals surface area contributed by atoms with E-state index in [-0.39, 0.29) is 0 Å². The lowest BCUT2D eigenvalue weighted by molar-refractivity contribution is 0.416. The molecular weight excluding hydrogens is 292 g/mol. The van der Waals surface area contributed by atoms with Crippen molar-refractivity contribution in [2.24, 2.45) is 0 Å². The van der Waals surface area contributed by atoms with Gasteiger partial charge in [-0.3, -0.25) is 0 Å². The summed E-state index contributed by atoms with van der Waals surface area (Å²) in [7, 11) is 1.77. The van der Waals surface area contributed by atoms with Crippen LogP contribution in [0.5, 0.6) is 5.75 Å². The topological polar surface area (TPSA) is 9.23 Å². The van der Waals surface area contributed by atoms with Crippen LogP contribution in [0.2, 0.25) is 0 Å². The Hall–Kier alpha value is -2.54. The molecule has 1 aliphatic carbocycles. The number of methoxy groups -OCH3 is 1. The second kappa shape index (κ2) is 6.16. The van der Waals surface area contributed by atoms with Gasteiger partial charge in [0.15, 0.2) is 0 Å². The first kappa shape index (κ1) is 15.0. The highest BCUT2D eigenvalue weighted by atomic mass is 16.5. The normalized spacial score (nSPS) is 13.1. The van der Waals surface area contributed by atoms with Crippen LogP contribution in [0.25, 0.3) is 28.0 Å². The summed E-state index contributed by atoms with van der Waals surface area (Å²) < 4.78 is 5.78. The third kappa shape index (κ3) is 2.32. The van der Waals surface area contributed by atoms with Crippen molar-refractivity contribution in [2.75, 3.05) is 7.11 Å². The molecule has 0 amide bonds. The number of rotatable bonds is 3. The molecular formula is C23H22O. The van der Waals surface area contributed by atoms with Crippen molar-refractivity contribution in [1.29, 1.82) is 0 Å². The van der Waals surface area contributed by atoms with E-state index in [0.29, 0.717) is 0 Å². The van der Waals surface area contributed by atoms with Crippen molar-refractivity contribution in [3.8, 4) is 16.9 Å². The Morgan fingerprint density at radius 1 is 0.958 bits per heavy atom. The fourth-order valence-electron chi connectivity index (χ4n) is 3.83. The van der Waals surface area contributed by atoms with Gasteiger partial charge in [-0.25, -0.2) is 0 Å². The van der Waals surface area contributed by atoms with E-state index in [1.165, 1.54) is 38.6 Å². The largest absolute Gasteiger partial charge is 0.496 e. The summed E-state index contributed by atoms with van der Waals surface area (Å²) >= 11 is 0. The first-order chi connectivity index (χ1) is 11.8. The summed E-state index contributed by atoms with van der Waals surface area (Å²) in [5, 5.41) is 2.59. The Balaban J connectivity index is 2.14. The first-order valence-electron chi connectivity index (χ1n) is 8.71. The van der Waals surface area contributed by atoms with Gasteiger partial charge in [0.05, 0.1) is 7.11 Å². The van der Waals surface area contributed by atoms with Crippen LogP contribution in [0.15, 0.2) is 54.6 Å². The minimum Gasteiger partial charge on any atom is -0.496 e. The molecule has 1 nitrogen and oxygen atoms in total. The maximum absolute atomic E-state index is 5.78. The summed E-state index contributed by atoms with van der Waals surface area (Å²) in [5.41, 5.74) is 6.70. The highest BCUT2D eigenvalue weighted by Crippen LogP contribution is 2.43. The first-order valence-corrected chi connectivity index (χ1v) is 8.71. The number of aryl methyl sites for hydroxylation is 2. The summed E-state index contributed by atoms with van der Waals surface area (Å²) in [4.78, 5) is 0. The number of hydrogen-bond acceptors (Lipinski definition) is 1. The molecule has 0 saturated carbocycles. The smallest absolute Gasteiger partial charge is 0.127 e. The van der Waals surface area contributed by atoms with Crippen LogP contribution >= 0.6 is 0 Å². The van der Waals surface area contributed by atoms with E-state index in [1.807, 2.05) is 0 Å². The average molecular weight is 314 g/mol. The quantitative estimate of drug-likeness (QED) is 0.573. The molecule has 3 aromatic rings. The minimum absolute atomic E-state index is 0.964. The van der Waals surface area contributed by atoms with Crippen LogP contribution in [0.1, 0.15) is 30.0 Å². The fraction of sp³-hybridized carbons (Fsp3) is 0.217. The highest BCUT2D eigenvalue weighted by molar-refractivity contribution is 6.02. The molecule has 1 heteroatoms. The summed E-state index contributed by atoms with van der Waals surface area (Å²) in [5.74, 6) is 0.964. The fourth-order valence-corrected chi connectivity index (χ4v) is 3.83. The lowest BCUT2D eigenvalue weighted by atomic mass is 9.84. The van der Waals surface area contributed by atoms with Crippen LogP contribution in [-0.2, 0) is 12.8 Å². The average Bonchev–Trinajstić information content (AvgIpc) is 2.66. The molecule has 0 fully saturated rings. The standard InChI is InChI=1S/C23H22O/c1-3-16-12-13-17-8-4-6-10-19(17)22(16)23-20-11-7-5-9-18(20)14-15-21(23)24-2/h4,6-8,10-15H,3,5,9H2,1-2H3. The van der Waals surface area contributed by atoms with Crippen molar-refractivity contribution >= 4 is 16.8 Å². The summed E-state index contributed by atoms with van der Waals surface area (Å²) in [6.07, 6.45) is 7.79. The second-order valence-corrected chi connectivity index (χ2v) is 6.33. The van der Waals surface area contributed by atoms with Crippen LogP contribution in [0.4, 0.5) is 0 Å². The van der Waals surface area contributed by atoms with E-state index >= 15 is 0 Å². The van der Waals surface area contributed by atoms with Crippen LogP contribution < -0.4 is 4.74 Å². The lowest BCUT2D eigenvalue weighted by Crippen LogP contribution is -2.01.